The average molecular weight is 189 g/mol. The fourth-order valence-corrected chi connectivity index (χ4v) is 1.39. The second kappa shape index (κ2) is 3.14. The smallest absolute Gasteiger partial charge is 0.197 e. The highest BCUT2D eigenvalue weighted by Crippen LogP contribution is 2.00. The maximum absolute atomic E-state index is 10.7. The minimum Gasteiger partial charge on any atom is -0.369 e. The molecule has 0 aliphatic heterocycles. The van der Waals surface area contributed by atoms with Crippen molar-refractivity contribution in [2.75, 3.05) is 17.7 Å². The van der Waals surface area contributed by atoms with Crippen molar-refractivity contribution in [3.63, 3.8) is 0 Å². The number of anilines is 1. The molecule has 1 heterocycles. The fraction of sp³-hybridized carbons (Fsp3) is 0.500. The first-order chi connectivity index (χ1) is 5.47. The number of aryl methyl sites for hydroxylation is 1. The zero-order valence-electron chi connectivity index (χ0n) is 6.74. The van der Waals surface area contributed by atoms with Gasteiger partial charge in [-0.1, -0.05) is 0 Å². The molecule has 0 aromatic carbocycles. The molecule has 0 bridgehead atoms. The normalized spacial score (nSPS) is 11.8. The van der Waals surface area contributed by atoms with Gasteiger partial charge in [-0.25, -0.2) is 13.4 Å². The predicted molar refractivity (Wildman–Crippen MR) is 46.4 cm³/mol. The van der Waals surface area contributed by atoms with Crippen molar-refractivity contribution >= 4 is 15.8 Å². The number of aromatic amines is 1. The van der Waals surface area contributed by atoms with Crippen LogP contribution in [0.3, 0.4) is 0 Å². The van der Waals surface area contributed by atoms with Crippen LogP contribution < -0.4 is 5.73 Å². The molecule has 0 saturated carbocycles. The summed E-state index contributed by atoms with van der Waals surface area (Å²) < 4.78 is 21.5. The Morgan fingerprint density at radius 2 is 2.33 bits per heavy atom. The van der Waals surface area contributed by atoms with Crippen molar-refractivity contribution in [3.05, 3.63) is 11.9 Å². The Kier molecular flexibility index (Phi) is 2.37. The number of sulfone groups is 1. The number of hydrogen-bond acceptors (Lipinski definition) is 4. The van der Waals surface area contributed by atoms with Crippen molar-refractivity contribution in [2.24, 2.45) is 0 Å². The monoisotopic (exact) mass is 189 g/mol. The molecular formula is C6H11N3O2S. The highest BCUT2D eigenvalue weighted by molar-refractivity contribution is 7.90. The number of imidazole rings is 1. The van der Waals surface area contributed by atoms with Gasteiger partial charge in [-0.05, 0) is 0 Å². The van der Waals surface area contributed by atoms with E-state index in [1.165, 1.54) is 6.26 Å². The van der Waals surface area contributed by atoms with Gasteiger partial charge in [0.15, 0.2) is 5.95 Å². The van der Waals surface area contributed by atoms with E-state index in [4.69, 9.17) is 5.73 Å². The molecule has 6 heteroatoms. The van der Waals surface area contributed by atoms with Gasteiger partial charge in [0, 0.05) is 18.4 Å². The minimum absolute atomic E-state index is 0.120. The maximum atomic E-state index is 10.7. The molecule has 0 saturated heterocycles. The third kappa shape index (κ3) is 2.91. The van der Waals surface area contributed by atoms with E-state index in [0.29, 0.717) is 12.4 Å². The van der Waals surface area contributed by atoms with E-state index < -0.39 is 9.84 Å². The van der Waals surface area contributed by atoms with Crippen molar-refractivity contribution in [1.29, 1.82) is 0 Å². The highest BCUT2D eigenvalue weighted by atomic mass is 32.2. The Hall–Kier alpha value is -1.04. The molecule has 5 nitrogen and oxygen atoms in total. The lowest BCUT2D eigenvalue weighted by atomic mass is 10.4. The van der Waals surface area contributed by atoms with E-state index in [2.05, 4.69) is 9.97 Å². The van der Waals surface area contributed by atoms with Crippen molar-refractivity contribution in [1.82, 2.24) is 9.97 Å². The first-order valence-corrected chi connectivity index (χ1v) is 5.50. The summed E-state index contributed by atoms with van der Waals surface area (Å²) in [6, 6.07) is 0. The number of nitrogens with one attached hydrogen (secondary N) is 1. The number of nitrogens with zero attached hydrogens (tertiary/aromatic N) is 1. The van der Waals surface area contributed by atoms with Crippen LogP contribution in [0.15, 0.2) is 6.20 Å². The number of hydrogen-bond donors (Lipinski definition) is 2. The van der Waals surface area contributed by atoms with Gasteiger partial charge in [-0.3, -0.25) is 0 Å². The number of nitrogens with two attached hydrogens (primary N) is 1. The second-order valence-corrected chi connectivity index (χ2v) is 4.93. The lowest BCUT2D eigenvalue weighted by Gasteiger charge is -1.94. The third-order valence-electron chi connectivity index (χ3n) is 1.39. The first kappa shape index (κ1) is 9.05. The lowest BCUT2D eigenvalue weighted by Crippen LogP contribution is -2.06. The van der Waals surface area contributed by atoms with Crippen LogP contribution >= 0.6 is 0 Å². The number of rotatable bonds is 3. The summed E-state index contributed by atoms with van der Waals surface area (Å²) in [5, 5.41) is 0. The minimum atomic E-state index is -2.90. The summed E-state index contributed by atoms with van der Waals surface area (Å²) in [5.41, 5.74) is 6.05. The van der Waals surface area contributed by atoms with Crippen molar-refractivity contribution in [2.45, 2.75) is 6.42 Å². The zero-order chi connectivity index (χ0) is 9.19. The van der Waals surface area contributed by atoms with Crippen LogP contribution in [0.2, 0.25) is 0 Å². The average Bonchev–Trinajstić information content (AvgIpc) is 2.30. The van der Waals surface area contributed by atoms with Crippen LogP contribution in [-0.4, -0.2) is 30.4 Å². The van der Waals surface area contributed by atoms with Crippen LogP contribution in [-0.2, 0) is 16.3 Å². The van der Waals surface area contributed by atoms with Gasteiger partial charge >= 0.3 is 0 Å². The highest BCUT2D eigenvalue weighted by Gasteiger charge is 2.04. The summed E-state index contributed by atoms with van der Waals surface area (Å²) in [4.78, 5) is 6.50. The van der Waals surface area contributed by atoms with Crippen LogP contribution in [0.4, 0.5) is 5.95 Å². The molecular weight excluding hydrogens is 178 g/mol. The Bertz CT molecular complexity index is 355. The largest absolute Gasteiger partial charge is 0.369 e. The SMILES string of the molecule is CS(=O)(=O)CCc1cnc(N)[nH]1. The molecule has 12 heavy (non-hydrogen) atoms. The summed E-state index contributed by atoms with van der Waals surface area (Å²) in [5.74, 6) is 0.438. The standard InChI is InChI=1S/C6H11N3O2S/c1-12(10,11)3-2-5-4-8-6(7)9-5/h4H,2-3H2,1H3,(H3,7,8,9). The van der Waals surface area contributed by atoms with Crippen LogP contribution in [0.25, 0.3) is 0 Å². The molecule has 3 N–H and O–H groups in total. The Morgan fingerprint density at radius 3 is 2.75 bits per heavy atom. The number of nitrogen functional groups attached to an aromatic ring is 1. The molecule has 0 radical (unpaired) electrons. The summed E-state index contributed by atoms with van der Waals surface area (Å²) in [7, 11) is -2.90. The van der Waals surface area contributed by atoms with E-state index in [1.807, 2.05) is 0 Å². The zero-order valence-corrected chi connectivity index (χ0v) is 7.56. The lowest BCUT2D eigenvalue weighted by molar-refractivity contribution is 0.601. The van der Waals surface area contributed by atoms with Gasteiger partial charge in [0.2, 0.25) is 0 Å². The van der Waals surface area contributed by atoms with Gasteiger partial charge in [0.25, 0.3) is 0 Å². The van der Waals surface area contributed by atoms with Gasteiger partial charge < -0.3 is 10.7 Å². The molecule has 0 fully saturated rings. The molecule has 0 unspecified atom stereocenters. The van der Waals surface area contributed by atoms with Gasteiger partial charge in [-0.2, -0.15) is 0 Å². The molecule has 0 amide bonds. The summed E-state index contributed by atoms with van der Waals surface area (Å²) >= 11 is 0. The van der Waals surface area contributed by atoms with E-state index in [0.717, 1.165) is 5.69 Å². The van der Waals surface area contributed by atoms with Crippen molar-refractivity contribution < 1.29 is 8.42 Å². The van der Waals surface area contributed by atoms with Gasteiger partial charge in [-0.15, -0.1) is 0 Å². The summed E-state index contributed by atoms with van der Waals surface area (Å²) in [6.07, 6.45) is 3.18. The number of aromatic nitrogens is 2. The van der Waals surface area contributed by atoms with Crippen LogP contribution in [0, 0.1) is 0 Å². The van der Waals surface area contributed by atoms with Crippen LogP contribution in [0.5, 0.6) is 0 Å². The maximum Gasteiger partial charge on any atom is 0.197 e. The van der Waals surface area contributed by atoms with E-state index in [9.17, 15) is 8.42 Å². The molecule has 0 aliphatic carbocycles. The molecule has 0 spiro atoms. The summed E-state index contributed by atoms with van der Waals surface area (Å²) in [6.45, 7) is 0. The van der Waals surface area contributed by atoms with E-state index in [1.54, 1.807) is 6.20 Å². The topological polar surface area (TPSA) is 88.8 Å². The van der Waals surface area contributed by atoms with E-state index >= 15 is 0 Å². The Balaban J connectivity index is 2.55. The molecule has 1 aromatic rings. The Morgan fingerprint density at radius 1 is 1.67 bits per heavy atom. The predicted octanol–water partition coefficient (Wildman–Crippen LogP) is -0.421. The quantitative estimate of drug-likeness (QED) is 0.675. The third-order valence-corrected chi connectivity index (χ3v) is 2.34. The molecule has 0 aliphatic rings. The van der Waals surface area contributed by atoms with Crippen molar-refractivity contribution in [3.8, 4) is 0 Å². The first-order valence-electron chi connectivity index (χ1n) is 3.44. The fourth-order valence-electron chi connectivity index (χ4n) is 0.799. The Labute approximate surface area is 70.9 Å². The molecule has 1 rings (SSSR count). The molecule has 0 atom stereocenters. The van der Waals surface area contributed by atoms with Crippen LogP contribution in [0.1, 0.15) is 5.69 Å². The van der Waals surface area contributed by atoms with E-state index in [-0.39, 0.29) is 5.75 Å². The van der Waals surface area contributed by atoms with Gasteiger partial charge in [0.05, 0.1) is 11.9 Å². The molecule has 68 valence electrons. The molecule has 1 aromatic heterocycles. The second-order valence-electron chi connectivity index (χ2n) is 2.67. The number of H-pyrrole nitrogens is 1. The van der Waals surface area contributed by atoms with Gasteiger partial charge in [0.1, 0.15) is 9.84 Å².